The second kappa shape index (κ2) is 5.87. The second-order valence-corrected chi connectivity index (χ2v) is 4.23. The van der Waals surface area contributed by atoms with Crippen LogP contribution in [-0.4, -0.2) is 14.5 Å². The summed E-state index contributed by atoms with van der Waals surface area (Å²) < 4.78 is 4.09. The molecule has 0 aliphatic carbocycles. The number of nitrogens with two attached hydrogens (primary N) is 1. The average molecular weight is 230 g/mol. The molecule has 0 amide bonds. The van der Waals surface area contributed by atoms with Gasteiger partial charge in [-0.3, -0.25) is 0 Å². The standard InChI is InChI=1S/C8H14N4S2/c1-2-3-4-5-6-10-8(12-14-6)11-7(9)13/h2-5H2,1H3,(H3,9,11,12,13). The molecule has 14 heavy (non-hydrogen) atoms. The highest BCUT2D eigenvalue weighted by atomic mass is 32.1. The first kappa shape index (κ1) is 11.3. The fourth-order valence-corrected chi connectivity index (χ4v) is 1.78. The van der Waals surface area contributed by atoms with Crippen LogP contribution >= 0.6 is 23.8 Å². The first-order valence-electron chi connectivity index (χ1n) is 4.61. The number of hydrogen-bond donors (Lipinski definition) is 2. The number of hydrogen-bond acceptors (Lipinski definition) is 4. The Hall–Kier alpha value is -0.750. The molecule has 3 N–H and O–H groups in total. The van der Waals surface area contributed by atoms with E-state index >= 15 is 0 Å². The molecule has 0 saturated heterocycles. The number of nitrogens with one attached hydrogen (secondary N) is 1. The van der Waals surface area contributed by atoms with Gasteiger partial charge in [0.2, 0.25) is 5.95 Å². The van der Waals surface area contributed by atoms with Crippen molar-refractivity contribution < 1.29 is 0 Å². The molecule has 0 radical (unpaired) electrons. The Kier molecular flexibility index (Phi) is 4.75. The molecule has 6 heteroatoms. The van der Waals surface area contributed by atoms with Crippen molar-refractivity contribution >= 4 is 34.8 Å². The fraction of sp³-hybridized carbons (Fsp3) is 0.625. The Morgan fingerprint density at radius 3 is 3.00 bits per heavy atom. The van der Waals surface area contributed by atoms with Gasteiger partial charge in [0, 0.05) is 6.42 Å². The van der Waals surface area contributed by atoms with E-state index in [2.05, 4.69) is 33.8 Å². The van der Waals surface area contributed by atoms with Crippen molar-refractivity contribution in [2.24, 2.45) is 5.73 Å². The normalized spacial score (nSPS) is 10.1. The summed E-state index contributed by atoms with van der Waals surface area (Å²) in [5.41, 5.74) is 5.30. The number of anilines is 1. The van der Waals surface area contributed by atoms with Gasteiger partial charge in [-0.25, -0.2) is 4.98 Å². The van der Waals surface area contributed by atoms with Gasteiger partial charge in [-0.05, 0) is 30.2 Å². The lowest BCUT2D eigenvalue weighted by Gasteiger charge is -1.95. The third-order valence-corrected chi connectivity index (χ3v) is 2.57. The molecule has 1 aromatic rings. The summed E-state index contributed by atoms with van der Waals surface area (Å²) >= 11 is 6.09. The molecule has 0 aliphatic rings. The molecule has 0 aliphatic heterocycles. The smallest absolute Gasteiger partial charge is 0.241 e. The van der Waals surface area contributed by atoms with Crippen LogP contribution in [0.2, 0.25) is 0 Å². The molecule has 1 rings (SSSR count). The minimum Gasteiger partial charge on any atom is -0.376 e. The number of aryl methyl sites for hydroxylation is 1. The topological polar surface area (TPSA) is 63.8 Å². The Balaban J connectivity index is 2.38. The lowest BCUT2D eigenvalue weighted by atomic mass is 10.2. The Morgan fingerprint density at radius 1 is 1.57 bits per heavy atom. The van der Waals surface area contributed by atoms with E-state index in [1.54, 1.807) is 0 Å². The Bertz CT molecular complexity index is 297. The highest BCUT2D eigenvalue weighted by molar-refractivity contribution is 7.80. The van der Waals surface area contributed by atoms with Gasteiger partial charge in [0.1, 0.15) is 5.01 Å². The molecule has 78 valence electrons. The lowest BCUT2D eigenvalue weighted by Crippen LogP contribution is -2.19. The summed E-state index contributed by atoms with van der Waals surface area (Å²) in [4.78, 5) is 4.25. The van der Waals surface area contributed by atoms with Gasteiger partial charge in [-0.1, -0.05) is 19.8 Å². The van der Waals surface area contributed by atoms with E-state index in [1.807, 2.05) is 0 Å². The van der Waals surface area contributed by atoms with Crippen molar-refractivity contribution in [3.05, 3.63) is 5.01 Å². The van der Waals surface area contributed by atoms with E-state index in [0.717, 1.165) is 17.8 Å². The molecule has 4 nitrogen and oxygen atoms in total. The van der Waals surface area contributed by atoms with Crippen molar-refractivity contribution in [3.8, 4) is 0 Å². The zero-order valence-corrected chi connectivity index (χ0v) is 9.75. The summed E-state index contributed by atoms with van der Waals surface area (Å²) in [5.74, 6) is 0.522. The van der Waals surface area contributed by atoms with Crippen LogP contribution in [0.5, 0.6) is 0 Å². The number of nitrogens with zero attached hydrogens (tertiary/aromatic N) is 2. The van der Waals surface area contributed by atoms with Crippen molar-refractivity contribution in [1.29, 1.82) is 0 Å². The molecule has 0 saturated carbocycles. The third-order valence-electron chi connectivity index (χ3n) is 1.70. The average Bonchev–Trinajstić information content (AvgIpc) is 2.52. The van der Waals surface area contributed by atoms with Crippen LogP contribution in [0, 0.1) is 0 Å². The largest absolute Gasteiger partial charge is 0.376 e. The van der Waals surface area contributed by atoms with Crippen molar-refractivity contribution in [3.63, 3.8) is 0 Å². The van der Waals surface area contributed by atoms with Crippen LogP contribution in [0.15, 0.2) is 0 Å². The second-order valence-electron chi connectivity index (χ2n) is 2.96. The van der Waals surface area contributed by atoms with Gasteiger partial charge < -0.3 is 11.1 Å². The minimum atomic E-state index is 0.211. The van der Waals surface area contributed by atoms with Gasteiger partial charge in [-0.15, -0.1) is 0 Å². The monoisotopic (exact) mass is 230 g/mol. The number of aromatic nitrogens is 2. The molecule has 0 atom stereocenters. The Labute approximate surface area is 93.1 Å². The first-order chi connectivity index (χ1) is 6.72. The number of rotatable bonds is 5. The van der Waals surface area contributed by atoms with E-state index in [4.69, 9.17) is 5.73 Å². The van der Waals surface area contributed by atoms with E-state index < -0.39 is 0 Å². The van der Waals surface area contributed by atoms with Crippen molar-refractivity contribution in [2.45, 2.75) is 32.6 Å². The van der Waals surface area contributed by atoms with Gasteiger partial charge in [-0.2, -0.15) is 4.37 Å². The van der Waals surface area contributed by atoms with Crippen molar-refractivity contribution in [1.82, 2.24) is 9.36 Å². The molecule has 0 aromatic carbocycles. The summed E-state index contributed by atoms with van der Waals surface area (Å²) in [6, 6.07) is 0. The maximum absolute atomic E-state index is 5.30. The minimum absolute atomic E-state index is 0.211. The molecular formula is C8H14N4S2. The maximum atomic E-state index is 5.30. The van der Waals surface area contributed by atoms with Crippen LogP contribution < -0.4 is 11.1 Å². The van der Waals surface area contributed by atoms with Crippen molar-refractivity contribution in [2.75, 3.05) is 5.32 Å². The lowest BCUT2D eigenvalue weighted by molar-refractivity contribution is 0.715. The summed E-state index contributed by atoms with van der Waals surface area (Å²) in [6.45, 7) is 2.18. The first-order valence-corrected chi connectivity index (χ1v) is 5.79. The van der Waals surface area contributed by atoms with Gasteiger partial charge in [0.25, 0.3) is 0 Å². The molecule has 0 fully saturated rings. The fourth-order valence-electron chi connectivity index (χ4n) is 1.04. The SMILES string of the molecule is CCCCCc1nc(NC(N)=S)ns1. The highest BCUT2D eigenvalue weighted by Gasteiger charge is 2.03. The van der Waals surface area contributed by atoms with E-state index in [0.29, 0.717) is 5.95 Å². The zero-order chi connectivity index (χ0) is 10.4. The molecule has 1 aromatic heterocycles. The van der Waals surface area contributed by atoms with Crippen LogP contribution in [0.3, 0.4) is 0 Å². The zero-order valence-electron chi connectivity index (χ0n) is 8.12. The Morgan fingerprint density at radius 2 is 2.36 bits per heavy atom. The van der Waals surface area contributed by atoms with Gasteiger partial charge in [0.05, 0.1) is 0 Å². The molecule has 0 spiro atoms. The van der Waals surface area contributed by atoms with E-state index in [-0.39, 0.29) is 5.11 Å². The molecule has 0 unspecified atom stereocenters. The molecule has 1 heterocycles. The number of thiocarbonyl (C=S) groups is 1. The predicted octanol–water partition coefficient (Wildman–Crippen LogP) is 1.93. The van der Waals surface area contributed by atoms with Crippen LogP contribution in [-0.2, 0) is 6.42 Å². The van der Waals surface area contributed by atoms with Crippen LogP contribution in [0.4, 0.5) is 5.95 Å². The van der Waals surface area contributed by atoms with Gasteiger partial charge >= 0.3 is 0 Å². The number of unbranched alkanes of at least 4 members (excludes halogenated alkanes) is 2. The van der Waals surface area contributed by atoms with Crippen LogP contribution in [0.1, 0.15) is 31.2 Å². The summed E-state index contributed by atoms with van der Waals surface area (Å²) in [5, 5.41) is 3.96. The summed E-state index contributed by atoms with van der Waals surface area (Å²) in [7, 11) is 0. The third kappa shape index (κ3) is 3.97. The summed E-state index contributed by atoms with van der Waals surface area (Å²) in [6.07, 6.45) is 4.61. The van der Waals surface area contributed by atoms with Crippen LogP contribution in [0.25, 0.3) is 0 Å². The van der Waals surface area contributed by atoms with Gasteiger partial charge in [0.15, 0.2) is 5.11 Å². The quantitative estimate of drug-likeness (QED) is 0.598. The van der Waals surface area contributed by atoms with E-state index in [9.17, 15) is 0 Å². The predicted molar refractivity (Wildman–Crippen MR) is 63.5 cm³/mol. The highest BCUT2D eigenvalue weighted by Crippen LogP contribution is 2.12. The maximum Gasteiger partial charge on any atom is 0.241 e. The molecule has 0 bridgehead atoms. The molecular weight excluding hydrogens is 216 g/mol. The van der Waals surface area contributed by atoms with E-state index in [1.165, 1.54) is 24.4 Å².